The maximum Gasteiger partial charge on any atom is 0.341 e. The minimum absolute atomic E-state index is 0.0854. The van der Waals surface area contributed by atoms with Crippen LogP contribution in [-0.4, -0.2) is 84.6 Å². The lowest BCUT2D eigenvalue weighted by Gasteiger charge is -2.30. The van der Waals surface area contributed by atoms with Crippen LogP contribution in [0.4, 0.5) is 10.1 Å². The van der Waals surface area contributed by atoms with E-state index in [2.05, 4.69) is 21.7 Å². The van der Waals surface area contributed by atoms with Crippen molar-refractivity contribution >= 4 is 58.1 Å². The first-order valence-corrected chi connectivity index (χ1v) is 15.6. The van der Waals surface area contributed by atoms with E-state index < -0.39 is 18.7 Å². The van der Waals surface area contributed by atoms with Crippen molar-refractivity contribution in [1.29, 1.82) is 0 Å². The van der Waals surface area contributed by atoms with Crippen molar-refractivity contribution in [2.24, 2.45) is 0 Å². The minimum atomic E-state index is -1.05. The average molecular weight is 687 g/mol. The number of hydrogen-bond donors (Lipinski definition) is 2. The van der Waals surface area contributed by atoms with Crippen molar-refractivity contribution in [2.75, 3.05) is 51.4 Å². The Balaban J connectivity index is 0.000000249. The van der Waals surface area contributed by atoms with Crippen LogP contribution in [0.1, 0.15) is 23.7 Å². The third-order valence-corrected chi connectivity index (χ3v) is 8.93. The lowest BCUT2D eigenvalue weighted by molar-refractivity contribution is -0.139. The molecule has 0 aromatic heterocycles. The van der Waals surface area contributed by atoms with Gasteiger partial charge in [-0.25, -0.2) is 9.18 Å². The second-order valence-electron chi connectivity index (χ2n) is 11.1. The van der Waals surface area contributed by atoms with Crippen molar-refractivity contribution in [3.05, 3.63) is 85.6 Å². The van der Waals surface area contributed by atoms with Gasteiger partial charge in [-0.2, -0.15) is 0 Å². The molecule has 236 valence electrons. The topological polar surface area (TPSA) is 85.7 Å². The molecule has 0 amide bonds. The number of benzene rings is 3. The number of aliphatic hydroxyl groups is 1. The third-order valence-electron chi connectivity index (χ3n) is 7.87. The van der Waals surface area contributed by atoms with Gasteiger partial charge in [0.2, 0.25) is 0 Å². The van der Waals surface area contributed by atoms with E-state index in [-0.39, 0.29) is 18.0 Å². The van der Waals surface area contributed by atoms with Crippen LogP contribution in [-0.2, 0) is 11.2 Å². The van der Waals surface area contributed by atoms with Crippen molar-refractivity contribution in [2.45, 2.75) is 31.1 Å². The number of fused-ring (bicyclic) bond motifs is 1. The van der Waals surface area contributed by atoms with Crippen molar-refractivity contribution < 1.29 is 28.9 Å². The molecule has 8 nitrogen and oxygen atoms in total. The third kappa shape index (κ3) is 7.83. The van der Waals surface area contributed by atoms with Gasteiger partial charge in [0.1, 0.15) is 23.4 Å². The molecule has 1 aliphatic carbocycles. The number of likely N-dealkylation sites (N-methyl/N-ethyl adjacent to an activating group) is 1. The second-order valence-corrected chi connectivity index (χ2v) is 12.7. The summed E-state index contributed by atoms with van der Waals surface area (Å²) < 4.78 is 26.1. The number of aliphatic hydroxyl groups excluding tert-OH is 1. The van der Waals surface area contributed by atoms with Crippen LogP contribution in [0.5, 0.6) is 11.5 Å². The molecule has 0 unspecified atom stereocenters. The Hall–Kier alpha value is -2.50. The lowest BCUT2D eigenvalue weighted by atomic mass is 10.1. The Morgan fingerprint density at radius 1 is 0.977 bits per heavy atom. The summed E-state index contributed by atoms with van der Waals surface area (Å²) in [7, 11) is 2.09. The first-order valence-electron chi connectivity index (χ1n) is 14.1. The van der Waals surface area contributed by atoms with Gasteiger partial charge in [0.05, 0.1) is 28.9 Å². The number of carboxylic acid groups (broad SMARTS) is 1. The molecule has 2 fully saturated rings. The van der Waals surface area contributed by atoms with Gasteiger partial charge in [0.15, 0.2) is 6.61 Å². The summed E-state index contributed by atoms with van der Waals surface area (Å²) in [6, 6.07) is 13.5. The molecule has 0 bridgehead atoms. The number of hydrogen-bond acceptors (Lipinski definition) is 7. The van der Waals surface area contributed by atoms with Crippen LogP contribution in [0, 0.1) is 5.82 Å². The summed E-state index contributed by atoms with van der Waals surface area (Å²) in [5.41, 5.74) is 2.44. The van der Waals surface area contributed by atoms with Crippen LogP contribution in [0.15, 0.2) is 48.5 Å². The smallest absolute Gasteiger partial charge is 0.341 e. The van der Waals surface area contributed by atoms with E-state index in [1.54, 1.807) is 12.1 Å². The quantitative estimate of drug-likeness (QED) is 0.295. The molecule has 0 radical (unpaired) electrons. The standard InChI is InChI=1S/C23H26Cl2FN3O2.C8H6Cl2O3/c1-27-6-7-29(13-27)15-2-3-19(25)22(10-15)31-23-18-8-14(24)9-20(26)17(18)11-21(23)28-5-4-16(30)12-28;9-5-1-2-7(6(10)3-5)13-4-8(11)12/h2-3,8-10,16,21,23,30H,4-7,11-13H2,1H3;1-3H,4H2,(H,11,12)/t16-,21+,23+;/m1./s1. The van der Waals surface area contributed by atoms with E-state index >= 15 is 0 Å². The van der Waals surface area contributed by atoms with Gasteiger partial charge < -0.3 is 24.6 Å². The Labute approximate surface area is 275 Å². The predicted molar refractivity (Wildman–Crippen MR) is 170 cm³/mol. The van der Waals surface area contributed by atoms with Crippen molar-refractivity contribution in [3.8, 4) is 11.5 Å². The maximum atomic E-state index is 14.7. The number of aliphatic carboxylic acids is 1. The van der Waals surface area contributed by atoms with E-state index in [0.717, 1.165) is 37.6 Å². The summed E-state index contributed by atoms with van der Waals surface area (Å²) in [6.07, 6.45) is 0.449. The average Bonchev–Trinajstić information content (AvgIpc) is 3.68. The van der Waals surface area contributed by atoms with Gasteiger partial charge in [-0.3, -0.25) is 9.80 Å². The largest absolute Gasteiger partial charge is 0.482 e. The van der Waals surface area contributed by atoms with E-state index in [0.29, 0.717) is 56.5 Å². The summed E-state index contributed by atoms with van der Waals surface area (Å²) in [5.74, 6) is -0.463. The molecule has 13 heteroatoms. The molecule has 3 aliphatic rings. The van der Waals surface area contributed by atoms with E-state index in [9.17, 15) is 14.3 Å². The van der Waals surface area contributed by atoms with Gasteiger partial charge in [-0.15, -0.1) is 0 Å². The second kappa shape index (κ2) is 14.3. The number of β-amino-alcohol motifs (C(OH)–C–C–N with tert-alkyl or cyclic N) is 1. The summed E-state index contributed by atoms with van der Waals surface area (Å²) in [6.45, 7) is 3.69. The van der Waals surface area contributed by atoms with Gasteiger partial charge in [0, 0.05) is 53.5 Å². The number of halogens is 5. The number of nitrogens with zero attached hydrogens (tertiary/aromatic N) is 3. The van der Waals surface area contributed by atoms with Crippen molar-refractivity contribution in [1.82, 2.24) is 9.80 Å². The van der Waals surface area contributed by atoms with E-state index in [1.807, 2.05) is 18.2 Å². The monoisotopic (exact) mass is 685 g/mol. The van der Waals surface area contributed by atoms with Crippen LogP contribution in [0.2, 0.25) is 20.1 Å². The van der Waals surface area contributed by atoms with Crippen LogP contribution < -0.4 is 14.4 Å². The molecule has 2 saturated heterocycles. The normalized spacial score (nSPS) is 21.6. The Morgan fingerprint density at radius 3 is 2.43 bits per heavy atom. The predicted octanol–water partition coefficient (Wildman–Crippen LogP) is 6.41. The van der Waals surface area contributed by atoms with E-state index in [4.69, 9.17) is 61.0 Å². The van der Waals surface area contributed by atoms with Crippen LogP contribution in [0.25, 0.3) is 0 Å². The zero-order chi connectivity index (χ0) is 31.5. The lowest BCUT2D eigenvalue weighted by Crippen LogP contribution is -2.39. The zero-order valence-corrected chi connectivity index (χ0v) is 26.9. The van der Waals surface area contributed by atoms with Crippen molar-refractivity contribution in [3.63, 3.8) is 0 Å². The van der Waals surface area contributed by atoms with Gasteiger partial charge in [0.25, 0.3) is 0 Å². The number of carboxylic acids is 1. The number of anilines is 1. The number of rotatable bonds is 7. The van der Waals surface area contributed by atoms with E-state index in [1.165, 1.54) is 18.2 Å². The molecule has 2 N–H and O–H groups in total. The highest BCUT2D eigenvalue weighted by Crippen LogP contribution is 2.43. The molecule has 2 aliphatic heterocycles. The SMILES string of the molecule is CN1CCN(c2ccc(Cl)c(O[C@H]3c4cc(Cl)cc(F)c4C[C@@H]3N3CC[C@@H](O)C3)c2)C1.O=C(O)COc1ccc(Cl)cc1Cl. The summed E-state index contributed by atoms with van der Waals surface area (Å²) in [5, 5.41) is 20.0. The number of likely N-dealkylation sites (tertiary alicyclic amines) is 1. The first kappa shape index (κ1) is 32.9. The molecule has 6 rings (SSSR count). The highest BCUT2D eigenvalue weighted by atomic mass is 35.5. The molecular formula is C31H32Cl4FN3O5. The van der Waals surface area contributed by atoms with Gasteiger partial charge >= 0.3 is 5.97 Å². The molecular weight excluding hydrogens is 655 g/mol. The molecule has 3 aromatic carbocycles. The Kier molecular flexibility index (Phi) is 10.7. The molecule has 3 atom stereocenters. The molecule has 44 heavy (non-hydrogen) atoms. The Morgan fingerprint density at radius 2 is 1.77 bits per heavy atom. The summed E-state index contributed by atoms with van der Waals surface area (Å²) >= 11 is 24.1. The fourth-order valence-electron chi connectivity index (χ4n) is 5.73. The number of carbonyl (C=O) groups is 1. The highest BCUT2D eigenvalue weighted by Gasteiger charge is 2.42. The zero-order valence-electron chi connectivity index (χ0n) is 23.9. The molecule has 3 aromatic rings. The molecule has 0 saturated carbocycles. The number of ether oxygens (including phenoxy) is 2. The fraction of sp³-hybridized carbons (Fsp3) is 0.387. The minimum Gasteiger partial charge on any atom is -0.482 e. The first-order chi connectivity index (χ1) is 21.0. The van der Waals surface area contributed by atoms with Gasteiger partial charge in [-0.1, -0.05) is 46.4 Å². The Bertz CT molecular complexity index is 1520. The summed E-state index contributed by atoms with van der Waals surface area (Å²) in [4.78, 5) is 16.9. The maximum absolute atomic E-state index is 14.7. The highest BCUT2D eigenvalue weighted by molar-refractivity contribution is 6.35. The van der Waals surface area contributed by atoms with Gasteiger partial charge in [-0.05, 0) is 67.9 Å². The van der Waals surface area contributed by atoms with Crippen LogP contribution in [0.3, 0.4) is 0 Å². The molecule has 2 heterocycles. The molecule has 0 spiro atoms. The fourth-order valence-corrected chi connectivity index (χ4v) is 6.57. The van der Waals surface area contributed by atoms with Crippen LogP contribution >= 0.6 is 46.4 Å².